The predicted octanol–water partition coefficient (Wildman–Crippen LogP) is 2.58. The fourth-order valence-corrected chi connectivity index (χ4v) is 5.10. The summed E-state index contributed by atoms with van der Waals surface area (Å²) in [5.41, 5.74) is 6.91. The van der Waals surface area contributed by atoms with Gasteiger partial charge < -0.3 is 16.2 Å². The van der Waals surface area contributed by atoms with Crippen LogP contribution in [0.15, 0.2) is 12.2 Å². The van der Waals surface area contributed by atoms with Gasteiger partial charge in [-0.2, -0.15) is 0 Å². The Labute approximate surface area is 150 Å². The van der Waals surface area contributed by atoms with E-state index in [0.717, 1.165) is 29.7 Å². The van der Waals surface area contributed by atoms with Gasteiger partial charge in [0.1, 0.15) is 5.00 Å². The van der Waals surface area contributed by atoms with Crippen molar-refractivity contribution in [1.29, 1.82) is 0 Å². The number of rotatable bonds is 4. The van der Waals surface area contributed by atoms with Gasteiger partial charge in [0.15, 0.2) is 0 Å². The summed E-state index contributed by atoms with van der Waals surface area (Å²) in [6.07, 6.45) is 7.00. The molecule has 0 aromatic carbocycles. The molecule has 1 aromatic heterocycles. The lowest BCUT2D eigenvalue weighted by atomic mass is 9.82. The van der Waals surface area contributed by atoms with Crippen molar-refractivity contribution in [1.82, 2.24) is 0 Å². The van der Waals surface area contributed by atoms with Gasteiger partial charge >= 0.3 is 5.97 Å². The Balaban J connectivity index is 1.87. The summed E-state index contributed by atoms with van der Waals surface area (Å²) >= 11 is 1.40. The number of primary amides is 1. The fraction of sp³-hybridized carbons (Fsp3) is 0.500. The summed E-state index contributed by atoms with van der Waals surface area (Å²) < 4.78 is 0. The molecule has 0 spiro atoms. The van der Waals surface area contributed by atoms with Crippen molar-refractivity contribution < 1.29 is 19.5 Å². The molecule has 0 saturated heterocycles. The zero-order valence-electron chi connectivity index (χ0n) is 14.1. The minimum Gasteiger partial charge on any atom is -0.481 e. The lowest BCUT2D eigenvalue weighted by Crippen LogP contribution is -2.35. The molecule has 7 heteroatoms. The topological polar surface area (TPSA) is 109 Å². The second kappa shape index (κ2) is 7.00. The summed E-state index contributed by atoms with van der Waals surface area (Å²) in [5, 5.41) is 12.6. The first-order valence-electron chi connectivity index (χ1n) is 8.51. The number of fused-ring (bicyclic) bond motifs is 1. The fourth-order valence-electron chi connectivity index (χ4n) is 3.68. The van der Waals surface area contributed by atoms with Gasteiger partial charge in [0.2, 0.25) is 5.91 Å². The van der Waals surface area contributed by atoms with Gasteiger partial charge in [-0.15, -0.1) is 11.3 Å². The van der Waals surface area contributed by atoms with E-state index in [1.807, 2.05) is 6.08 Å². The Morgan fingerprint density at radius 2 is 1.92 bits per heavy atom. The van der Waals surface area contributed by atoms with Crippen LogP contribution in [0.5, 0.6) is 0 Å². The third kappa shape index (κ3) is 3.46. The molecule has 0 aliphatic heterocycles. The van der Waals surface area contributed by atoms with E-state index in [1.165, 1.54) is 11.3 Å². The van der Waals surface area contributed by atoms with E-state index in [0.29, 0.717) is 29.3 Å². The molecular formula is C18H22N2O4S. The third-order valence-electron chi connectivity index (χ3n) is 5.08. The lowest BCUT2D eigenvalue weighted by Gasteiger charge is -2.24. The van der Waals surface area contributed by atoms with Crippen LogP contribution < -0.4 is 11.1 Å². The number of nitrogens with one attached hydrogen (secondary N) is 1. The van der Waals surface area contributed by atoms with E-state index < -0.39 is 23.7 Å². The molecule has 0 bridgehead atoms. The Kier molecular flexibility index (Phi) is 4.94. The van der Waals surface area contributed by atoms with Gasteiger partial charge in [-0.05, 0) is 43.6 Å². The molecule has 2 amide bonds. The van der Waals surface area contributed by atoms with E-state index in [9.17, 15) is 19.5 Å². The molecular weight excluding hydrogens is 340 g/mol. The number of carboxylic acid groups (broad SMARTS) is 1. The maximum atomic E-state index is 12.7. The highest BCUT2D eigenvalue weighted by atomic mass is 32.1. The molecule has 1 aromatic rings. The number of allylic oxidation sites excluding steroid dienone is 2. The summed E-state index contributed by atoms with van der Waals surface area (Å²) in [5.74, 6) is -2.71. The highest BCUT2D eigenvalue weighted by molar-refractivity contribution is 7.17. The Morgan fingerprint density at radius 1 is 1.24 bits per heavy atom. The second-order valence-electron chi connectivity index (χ2n) is 6.90. The lowest BCUT2D eigenvalue weighted by molar-refractivity contribution is -0.146. The highest BCUT2D eigenvalue weighted by Gasteiger charge is 2.35. The van der Waals surface area contributed by atoms with Gasteiger partial charge in [0.05, 0.1) is 17.4 Å². The normalized spacial score (nSPS) is 25.2. The zero-order chi connectivity index (χ0) is 18.1. The molecule has 0 radical (unpaired) electrons. The molecule has 2 aliphatic rings. The van der Waals surface area contributed by atoms with E-state index >= 15 is 0 Å². The Hall–Kier alpha value is -2.15. The summed E-state index contributed by atoms with van der Waals surface area (Å²) in [7, 11) is 0. The number of amides is 2. The number of hydrogen-bond donors (Lipinski definition) is 3. The number of carbonyl (C=O) groups excluding carboxylic acids is 2. The molecule has 0 fully saturated rings. The van der Waals surface area contributed by atoms with Crippen LogP contribution in [0.25, 0.3) is 0 Å². The SMILES string of the molecule is C[C@@H]1CCc2c(sc(NC(=O)[C@@H]3CC=CC[C@@H]3C(=O)O)c2C(N)=O)C1. The van der Waals surface area contributed by atoms with Crippen LogP contribution in [0.1, 0.15) is 47.0 Å². The second-order valence-corrected chi connectivity index (χ2v) is 8.01. The van der Waals surface area contributed by atoms with Crippen LogP contribution >= 0.6 is 11.3 Å². The van der Waals surface area contributed by atoms with Crippen molar-refractivity contribution >= 4 is 34.1 Å². The predicted molar refractivity (Wildman–Crippen MR) is 95.6 cm³/mol. The van der Waals surface area contributed by atoms with Crippen molar-refractivity contribution in [3.8, 4) is 0 Å². The Bertz CT molecular complexity index is 753. The van der Waals surface area contributed by atoms with Crippen molar-refractivity contribution in [3.05, 3.63) is 28.2 Å². The van der Waals surface area contributed by atoms with E-state index in [-0.39, 0.29) is 5.91 Å². The summed E-state index contributed by atoms with van der Waals surface area (Å²) in [6, 6.07) is 0. The maximum absolute atomic E-state index is 12.7. The Morgan fingerprint density at radius 3 is 2.56 bits per heavy atom. The largest absolute Gasteiger partial charge is 0.481 e. The van der Waals surface area contributed by atoms with Gasteiger partial charge in [-0.25, -0.2) is 0 Å². The van der Waals surface area contributed by atoms with Crippen molar-refractivity contribution in [2.24, 2.45) is 23.5 Å². The smallest absolute Gasteiger partial charge is 0.307 e. The first kappa shape index (κ1) is 17.7. The quantitative estimate of drug-likeness (QED) is 0.715. The van der Waals surface area contributed by atoms with Gasteiger partial charge in [0, 0.05) is 4.88 Å². The van der Waals surface area contributed by atoms with Crippen molar-refractivity contribution in [2.45, 2.75) is 39.0 Å². The van der Waals surface area contributed by atoms with Gasteiger partial charge in [-0.1, -0.05) is 19.1 Å². The van der Waals surface area contributed by atoms with Crippen LogP contribution in [0, 0.1) is 17.8 Å². The molecule has 3 rings (SSSR count). The van der Waals surface area contributed by atoms with E-state index in [4.69, 9.17) is 5.73 Å². The summed E-state index contributed by atoms with van der Waals surface area (Å²) in [4.78, 5) is 37.1. The molecule has 0 saturated carbocycles. The van der Waals surface area contributed by atoms with E-state index in [2.05, 4.69) is 12.2 Å². The zero-order valence-corrected chi connectivity index (χ0v) is 14.9. The molecule has 6 nitrogen and oxygen atoms in total. The molecule has 25 heavy (non-hydrogen) atoms. The number of hydrogen-bond acceptors (Lipinski definition) is 4. The molecule has 0 unspecified atom stereocenters. The molecule has 134 valence electrons. The average molecular weight is 362 g/mol. The standard InChI is InChI=1S/C18H22N2O4S/c1-9-6-7-12-13(8-9)25-17(14(12)15(19)21)20-16(22)10-4-2-3-5-11(10)18(23)24/h2-3,9-11H,4-8H2,1H3,(H2,19,21)(H,20,22)(H,23,24)/t9-,10-,11+/m1/s1. The first-order chi connectivity index (χ1) is 11.9. The minimum absolute atomic E-state index is 0.342. The molecule has 2 aliphatic carbocycles. The molecule has 3 atom stereocenters. The van der Waals surface area contributed by atoms with Crippen LogP contribution in [0.3, 0.4) is 0 Å². The van der Waals surface area contributed by atoms with Gasteiger partial charge in [-0.3, -0.25) is 14.4 Å². The number of carboxylic acids is 1. The van der Waals surface area contributed by atoms with Crippen LogP contribution in [0.2, 0.25) is 0 Å². The maximum Gasteiger partial charge on any atom is 0.307 e. The van der Waals surface area contributed by atoms with Crippen molar-refractivity contribution in [2.75, 3.05) is 5.32 Å². The van der Waals surface area contributed by atoms with Crippen LogP contribution in [-0.2, 0) is 22.4 Å². The first-order valence-corrected chi connectivity index (χ1v) is 9.33. The average Bonchev–Trinajstić information content (AvgIpc) is 2.91. The third-order valence-corrected chi connectivity index (χ3v) is 6.25. The molecule has 4 N–H and O–H groups in total. The number of aliphatic carboxylic acids is 1. The highest BCUT2D eigenvalue weighted by Crippen LogP contribution is 2.40. The number of nitrogens with two attached hydrogens (primary N) is 1. The monoisotopic (exact) mass is 362 g/mol. The van der Waals surface area contributed by atoms with E-state index in [1.54, 1.807) is 6.08 Å². The molecule has 1 heterocycles. The number of thiophene rings is 1. The van der Waals surface area contributed by atoms with Crippen molar-refractivity contribution in [3.63, 3.8) is 0 Å². The summed E-state index contributed by atoms with van der Waals surface area (Å²) in [6.45, 7) is 2.16. The van der Waals surface area contributed by atoms with Gasteiger partial charge in [0.25, 0.3) is 5.91 Å². The number of carbonyl (C=O) groups is 3. The van der Waals surface area contributed by atoms with Crippen LogP contribution in [-0.4, -0.2) is 22.9 Å². The van der Waals surface area contributed by atoms with Crippen LogP contribution in [0.4, 0.5) is 5.00 Å². The number of anilines is 1. The minimum atomic E-state index is -0.973.